The molecular formula is C20H21ClN2O3. The van der Waals surface area contributed by atoms with Crippen LogP contribution in [-0.4, -0.2) is 25.1 Å². The molecule has 0 aliphatic carbocycles. The Morgan fingerprint density at radius 2 is 1.88 bits per heavy atom. The lowest BCUT2D eigenvalue weighted by Gasteiger charge is -2.24. The van der Waals surface area contributed by atoms with Crippen molar-refractivity contribution in [3.63, 3.8) is 0 Å². The Hall–Kier alpha value is -2.66. The van der Waals surface area contributed by atoms with Gasteiger partial charge in [-0.15, -0.1) is 0 Å². The summed E-state index contributed by atoms with van der Waals surface area (Å²) in [6, 6.07) is 10.9. The molecule has 0 radical (unpaired) electrons. The van der Waals surface area contributed by atoms with Crippen molar-refractivity contribution >= 4 is 34.1 Å². The molecule has 0 aliphatic heterocycles. The number of fused-ring (bicyclic) bond motifs is 1. The van der Waals surface area contributed by atoms with Crippen LogP contribution in [0.2, 0.25) is 5.02 Å². The number of benzene rings is 2. The average molecular weight is 373 g/mol. The van der Waals surface area contributed by atoms with Gasteiger partial charge >= 0.3 is 0 Å². The van der Waals surface area contributed by atoms with E-state index in [1.807, 2.05) is 38.2 Å². The van der Waals surface area contributed by atoms with E-state index >= 15 is 0 Å². The highest BCUT2D eigenvalue weighted by Crippen LogP contribution is 2.35. The van der Waals surface area contributed by atoms with Gasteiger partial charge < -0.3 is 19.8 Å². The molecule has 1 heterocycles. The van der Waals surface area contributed by atoms with Gasteiger partial charge in [0, 0.05) is 28.2 Å². The molecule has 0 saturated carbocycles. The molecule has 3 aromatic rings. The van der Waals surface area contributed by atoms with Crippen LogP contribution in [0.25, 0.3) is 10.9 Å². The van der Waals surface area contributed by atoms with Crippen LogP contribution in [0.3, 0.4) is 0 Å². The third-order valence-electron chi connectivity index (χ3n) is 4.54. The molecule has 0 saturated heterocycles. The molecule has 0 aliphatic rings. The van der Waals surface area contributed by atoms with Gasteiger partial charge in [0.2, 0.25) is 5.91 Å². The number of rotatable bonds is 5. The smallest absolute Gasteiger partial charge is 0.234 e. The number of carbonyl (C=O) groups is 1. The van der Waals surface area contributed by atoms with Crippen LogP contribution < -0.4 is 14.8 Å². The average Bonchev–Trinajstić information content (AvgIpc) is 3.05. The first-order chi connectivity index (χ1) is 12.4. The monoisotopic (exact) mass is 372 g/mol. The summed E-state index contributed by atoms with van der Waals surface area (Å²) >= 11 is 6.14. The van der Waals surface area contributed by atoms with Crippen molar-refractivity contribution in [3.8, 4) is 11.5 Å². The van der Waals surface area contributed by atoms with Gasteiger partial charge in [0.15, 0.2) is 0 Å². The summed E-state index contributed by atoms with van der Waals surface area (Å²) in [6.45, 7) is 3.75. The number of ether oxygens (including phenoxy) is 2. The quantitative estimate of drug-likeness (QED) is 0.679. The minimum absolute atomic E-state index is 0.162. The van der Waals surface area contributed by atoms with Gasteiger partial charge in [0.1, 0.15) is 11.5 Å². The van der Waals surface area contributed by atoms with Crippen LogP contribution in [0.4, 0.5) is 5.69 Å². The van der Waals surface area contributed by atoms with Crippen LogP contribution in [-0.2, 0) is 10.2 Å². The highest BCUT2D eigenvalue weighted by molar-refractivity contribution is 6.31. The molecule has 136 valence electrons. The molecule has 0 fully saturated rings. The van der Waals surface area contributed by atoms with Gasteiger partial charge in [0.05, 0.1) is 25.3 Å². The number of hydrogen-bond donors (Lipinski definition) is 2. The van der Waals surface area contributed by atoms with Gasteiger partial charge in [-0.1, -0.05) is 11.6 Å². The Kier molecular flexibility index (Phi) is 4.83. The zero-order chi connectivity index (χ0) is 18.9. The Balaban J connectivity index is 1.97. The Labute approximate surface area is 157 Å². The number of nitrogens with one attached hydrogen (secondary N) is 2. The van der Waals surface area contributed by atoms with E-state index in [0.29, 0.717) is 22.2 Å². The number of aromatic amines is 1. The highest BCUT2D eigenvalue weighted by atomic mass is 35.5. The molecule has 1 amide bonds. The van der Waals surface area contributed by atoms with Gasteiger partial charge in [-0.05, 0) is 49.7 Å². The predicted octanol–water partition coefficient (Wildman–Crippen LogP) is 4.75. The second kappa shape index (κ2) is 6.92. The van der Waals surface area contributed by atoms with E-state index in [1.165, 1.54) is 0 Å². The summed E-state index contributed by atoms with van der Waals surface area (Å²) in [6.07, 6.45) is 1.85. The second-order valence-electron chi connectivity index (χ2n) is 6.54. The SMILES string of the molecule is COc1ccc(OC)c(NC(=O)C(C)(C)c2c[nH]c3ccc(Cl)cc23)c1. The number of hydrogen-bond acceptors (Lipinski definition) is 3. The third-order valence-corrected chi connectivity index (χ3v) is 4.77. The van der Waals surface area contributed by atoms with E-state index in [0.717, 1.165) is 16.5 Å². The molecule has 26 heavy (non-hydrogen) atoms. The standard InChI is InChI=1S/C20H21ClN2O3/c1-20(2,15-11-22-16-7-5-12(21)9-14(15)16)19(24)23-17-10-13(25-3)6-8-18(17)26-4/h5-11,22H,1-4H3,(H,23,24). The van der Waals surface area contributed by atoms with Gasteiger partial charge in [-0.25, -0.2) is 0 Å². The van der Waals surface area contributed by atoms with Crippen molar-refractivity contribution in [1.82, 2.24) is 4.98 Å². The van der Waals surface area contributed by atoms with E-state index in [1.54, 1.807) is 32.4 Å². The summed E-state index contributed by atoms with van der Waals surface area (Å²) in [5.41, 5.74) is 1.57. The first-order valence-electron chi connectivity index (χ1n) is 8.17. The number of halogens is 1. The van der Waals surface area contributed by atoms with Crippen LogP contribution in [0.1, 0.15) is 19.4 Å². The van der Waals surface area contributed by atoms with Crippen LogP contribution >= 0.6 is 11.6 Å². The molecule has 6 heteroatoms. The minimum Gasteiger partial charge on any atom is -0.497 e. The molecule has 0 atom stereocenters. The molecule has 5 nitrogen and oxygen atoms in total. The second-order valence-corrected chi connectivity index (χ2v) is 6.97. The van der Waals surface area contributed by atoms with Gasteiger partial charge in [-0.3, -0.25) is 4.79 Å². The van der Waals surface area contributed by atoms with Crippen LogP contribution in [0.15, 0.2) is 42.6 Å². The third kappa shape index (κ3) is 3.22. The van der Waals surface area contributed by atoms with Crippen molar-refractivity contribution in [1.29, 1.82) is 0 Å². The van der Waals surface area contributed by atoms with Gasteiger partial charge in [0.25, 0.3) is 0 Å². The lowest BCUT2D eigenvalue weighted by atomic mass is 9.83. The van der Waals surface area contributed by atoms with Crippen LogP contribution in [0.5, 0.6) is 11.5 Å². The van der Waals surface area contributed by atoms with E-state index in [4.69, 9.17) is 21.1 Å². The van der Waals surface area contributed by atoms with Crippen molar-refractivity contribution in [2.24, 2.45) is 0 Å². The predicted molar refractivity (Wildman–Crippen MR) is 105 cm³/mol. The fraction of sp³-hybridized carbons (Fsp3) is 0.250. The van der Waals surface area contributed by atoms with Gasteiger partial charge in [-0.2, -0.15) is 0 Å². The van der Waals surface area contributed by atoms with Crippen molar-refractivity contribution in [2.45, 2.75) is 19.3 Å². The topological polar surface area (TPSA) is 63.4 Å². The van der Waals surface area contributed by atoms with Crippen LogP contribution in [0, 0.1) is 0 Å². The van der Waals surface area contributed by atoms with Crippen molar-refractivity contribution in [3.05, 3.63) is 53.2 Å². The first-order valence-corrected chi connectivity index (χ1v) is 8.55. The normalized spacial score (nSPS) is 11.4. The molecule has 0 spiro atoms. The number of aromatic nitrogens is 1. The fourth-order valence-electron chi connectivity index (χ4n) is 2.92. The molecule has 2 aromatic carbocycles. The lowest BCUT2D eigenvalue weighted by Crippen LogP contribution is -2.34. The van der Waals surface area contributed by atoms with E-state index < -0.39 is 5.41 Å². The first kappa shape index (κ1) is 18.1. The maximum Gasteiger partial charge on any atom is 0.234 e. The zero-order valence-electron chi connectivity index (χ0n) is 15.1. The molecule has 1 aromatic heterocycles. The minimum atomic E-state index is -0.795. The summed E-state index contributed by atoms with van der Waals surface area (Å²) in [5.74, 6) is 1.04. The summed E-state index contributed by atoms with van der Waals surface area (Å²) in [5, 5.41) is 4.51. The van der Waals surface area contributed by atoms with E-state index in [9.17, 15) is 4.79 Å². The van der Waals surface area contributed by atoms with E-state index in [-0.39, 0.29) is 5.91 Å². The summed E-state index contributed by atoms with van der Waals surface area (Å²) in [4.78, 5) is 16.3. The van der Waals surface area contributed by atoms with Crippen molar-refractivity contribution in [2.75, 3.05) is 19.5 Å². The summed E-state index contributed by atoms with van der Waals surface area (Å²) < 4.78 is 10.6. The molecule has 0 bridgehead atoms. The number of anilines is 1. The lowest BCUT2D eigenvalue weighted by molar-refractivity contribution is -0.120. The van der Waals surface area contributed by atoms with Crippen molar-refractivity contribution < 1.29 is 14.3 Å². The Morgan fingerprint density at radius 3 is 2.58 bits per heavy atom. The fourth-order valence-corrected chi connectivity index (χ4v) is 3.09. The zero-order valence-corrected chi connectivity index (χ0v) is 15.9. The Bertz CT molecular complexity index is 963. The highest BCUT2D eigenvalue weighted by Gasteiger charge is 2.33. The molecule has 0 unspecified atom stereocenters. The Morgan fingerprint density at radius 1 is 1.12 bits per heavy atom. The maximum absolute atomic E-state index is 13.1. The van der Waals surface area contributed by atoms with E-state index in [2.05, 4.69) is 10.3 Å². The number of methoxy groups -OCH3 is 2. The summed E-state index contributed by atoms with van der Waals surface area (Å²) in [7, 11) is 3.14. The molecule has 3 rings (SSSR count). The number of H-pyrrole nitrogens is 1. The molecular weight excluding hydrogens is 352 g/mol. The number of amides is 1. The maximum atomic E-state index is 13.1. The largest absolute Gasteiger partial charge is 0.497 e. The molecule has 2 N–H and O–H groups in total. The number of carbonyl (C=O) groups excluding carboxylic acids is 1.